The third-order valence-corrected chi connectivity index (χ3v) is 0.958. The van der Waals surface area contributed by atoms with Crippen molar-refractivity contribution in [3.8, 4) is 0 Å². The van der Waals surface area contributed by atoms with Crippen LogP contribution in [-0.2, 0) is 6.54 Å². The van der Waals surface area contributed by atoms with Gasteiger partial charge in [0, 0.05) is 18.9 Å². The number of aromatic nitrogens is 1. The number of pyridine rings is 1. The van der Waals surface area contributed by atoms with Crippen LogP contribution in [0.5, 0.6) is 0 Å². The first kappa shape index (κ1) is 8.11. The predicted octanol–water partition coefficient (Wildman–Crippen LogP) is 1.18. The normalized spacial score (nSPS) is 8.11. The third-order valence-electron chi connectivity index (χ3n) is 0.958. The molecule has 0 aromatic carbocycles. The Morgan fingerprint density at radius 2 is 2.33 bits per heavy atom. The second-order valence-electron chi connectivity index (χ2n) is 1.57. The molecule has 1 aromatic heterocycles. The summed E-state index contributed by atoms with van der Waals surface area (Å²) < 4.78 is 0. The molecule has 0 aliphatic rings. The zero-order chi connectivity index (χ0) is 5.82. The molecule has 0 saturated heterocycles. The Kier molecular flexibility index (Phi) is 3.64. The molecular weight excluding hydrogens is 112 g/mol. The van der Waals surface area contributed by atoms with Crippen molar-refractivity contribution in [3.63, 3.8) is 0 Å². The van der Waals surface area contributed by atoms with Crippen molar-refractivity contribution in [2.45, 2.75) is 14.0 Å². The van der Waals surface area contributed by atoms with Crippen LogP contribution in [0, 0.1) is 0 Å². The molecule has 2 N–H and O–H groups in total. The molecule has 0 radical (unpaired) electrons. The third kappa shape index (κ3) is 2.24. The standard InChI is InChI=1S/C6H8N2.CH4/c7-4-6-2-1-3-8-5-6;/h1-3,5H,4,7H2;1H4. The van der Waals surface area contributed by atoms with Gasteiger partial charge < -0.3 is 5.73 Å². The molecule has 1 rings (SSSR count). The van der Waals surface area contributed by atoms with Gasteiger partial charge in [-0.2, -0.15) is 0 Å². The van der Waals surface area contributed by atoms with Crippen molar-refractivity contribution in [1.29, 1.82) is 0 Å². The van der Waals surface area contributed by atoms with Gasteiger partial charge in [0.1, 0.15) is 0 Å². The maximum atomic E-state index is 5.31. The van der Waals surface area contributed by atoms with E-state index in [-0.39, 0.29) is 7.43 Å². The van der Waals surface area contributed by atoms with Crippen LogP contribution in [0.3, 0.4) is 0 Å². The van der Waals surface area contributed by atoms with Gasteiger partial charge >= 0.3 is 0 Å². The fourth-order valence-corrected chi connectivity index (χ4v) is 0.519. The molecule has 2 nitrogen and oxygen atoms in total. The van der Waals surface area contributed by atoms with Gasteiger partial charge in [0.2, 0.25) is 0 Å². The van der Waals surface area contributed by atoms with Gasteiger partial charge in [-0.25, -0.2) is 0 Å². The van der Waals surface area contributed by atoms with Gasteiger partial charge in [0.15, 0.2) is 0 Å². The highest BCUT2D eigenvalue weighted by Gasteiger charge is 1.81. The minimum atomic E-state index is 0. The van der Waals surface area contributed by atoms with Crippen molar-refractivity contribution >= 4 is 0 Å². The molecule has 0 spiro atoms. The zero-order valence-corrected chi connectivity index (χ0v) is 4.54. The fraction of sp³-hybridized carbons (Fsp3) is 0.286. The van der Waals surface area contributed by atoms with Crippen LogP contribution in [-0.4, -0.2) is 4.98 Å². The minimum absolute atomic E-state index is 0. The van der Waals surface area contributed by atoms with E-state index < -0.39 is 0 Å². The molecular formula is C7H12N2. The summed E-state index contributed by atoms with van der Waals surface area (Å²) in [6, 6.07) is 3.83. The molecule has 0 atom stereocenters. The number of hydrogen-bond donors (Lipinski definition) is 1. The molecule has 1 heterocycles. The maximum absolute atomic E-state index is 5.31. The van der Waals surface area contributed by atoms with Crippen LogP contribution >= 0.6 is 0 Å². The Labute approximate surface area is 55.7 Å². The van der Waals surface area contributed by atoms with Crippen molar-refractivity contribution in [3.05, 3.63) is 30.1 Å². The van der Waals surface area contributed by atoms with Gasteiger partial charge in [-0.15, -0.1) is 0 Å². The molecule has 0 aliphatic carbocycles. The van der Waals surface area contributed by atoms with E-state index in [1.54, 1.807) is 12.4 Å². The highest BCUT2D eigenvalue weighted by molar-refractivity contribution is 5.06. The van der Waals surface area contributed by atoms with Gasteiger partial charge in [0.05, 0.1) is 0 Å². The molecule has 9 heavy (non-hydrogen) atoms. The quantitative estimate of drug-likeness (QED) is 0.610. The van der Waals surface area contributed by atoms with E-state index in [0.29, 0.717) is 6.54 Å². The van der Waals surface area contributed by atoms with E-state index in [0.717, 1.165) is 5.56 Å². The first-order valence-electron chi connectivity index (χ1n) is 2.52. The largest absolute Gasteiger partial charge is 0.326 e. The SMILES string of the molecule is C.NCc1cccnc1. The molecule has 0 bridgehead atoms. The Bertz CT molecular complexity index is 148. The van der Waals surface area contributed by atoms with Crippen molar-refractivity contribution in [2.24, 2.45) is 5.73 Å². The highest BCUT2D eigenvalue weighted by Crippen LogP contribution is 1.90. The van der Waals surface area contributed by atoms with Gasteiger partial charge in [0.25, 0.3) is 0 Å². The second-order valence-corrected chi connectivity index (χ2v) is 1.57. The van der Waals surface area contributed by atoms with Crippen LogP contribution in [0.25, 0.3) is 0 Å². The Balaban J connectivity index is 0.000000640. The van der Waals surface area contributed by atoms with Gasteiger partial charge in [-0.3, -0.25) is 4.98 Å². The maximum Gasteiger partial charge on any atom is 0.0312 e. The van der Waals surface area contributed by atoms with Crippen LogP contribution in [0.2, 0.25) is 0 Å². The lowest BCUT2D eigenvalue weighted by molar-refractivity contribution is 1.05. The first-order valence-corrected chi connectivity index (χ1v) is 2.52. The summed E-state index contributed by atoms with van der Waals surface area (Å²) >= 11 is 0. The van der Waals surface area contributed by atoms with Crippen LogP contribution in [0.15, 0.2) is 24.5 Å². The summed E-state index contributed by atoms with van der Waals surface area (Å²) in [4.78, 5) is 3.88. The smallest absolute Gasteiger partial charge is 0.0312 e. The van der Waals surface area contributed by atoms with Crippen molar-refractivity contribution in [1.82, 2.24) is 4.98 Å². The summed E-state index contributed by atoms with van der Waals surface area (Å²) in [5, 5.41) is 0. The Morgan fingerprint density at radius 3 is 2.67 bits per heavy atom. The first-order chi connectivity index (χ1) is 3.93. The van der Waals surface area contributed by atoms with E-state index in [4.69, 9.17) is 5.73 Å². The second kappa shape index (κ2) is 4.04. The summed E-state index contributed by atoms with van der Waals surface area (Å²) in [6.07, 6.45) is 3.50. The minimum Gasteiger partial charge on any atom is -0.326 e. The van der Waals surface area contributed by atoms with Gasteiger partial charge in [-0.05, 0) is 11.6 Å². The number of nitrogens with two attached hydrogens (primary N) is 1. The fourth-order valence-electron chi connectivity index (χ4n) is 0.519. The van der Waals surface area contributed by atoms with Gasteiger partial charge in [-0.1, -0.05) is 13.5 Å². The molecule has 0 unspecified atom stereocenters. The van der Waals surface area contributed by atoms with E-state index in [1.165, 1.54) is 0 Å². The Morgan fingerprint density at radius 1 is 1.56 bits per heavy atom. The summed E-state index contributed by atoms with van der Waals surface area (Å²) in [6.45, 7) is 0.577. The molecule has 0 amide bonds. The number of hydrogen-bond acceptors (Lipinski definition) is 2. The lowest BCUT2D eigenvalue weighted by Gasteiger charge is -1.89. The van der Waals surface area contributed by atoms with Crippen LogP contribution in [0.4, 0.5) is 0 Å². The number of rotatable bonds is 1. The summed E-state index contributed by atoms with van der Waals surface area (Å²) in [7, 11) is 0. The van der Waals surface area contributed by atoms with E-state index >= 15 is 0 Å². The molecule has 50 valence electrons. The average molecular weight is 124 g/mol. The zero-order valence-electron chi connectivity index (χ0n) is 4.54. The summed E-state index contributed by atoms with van der Waals surface area (Å²) in [5.41, 5.74) is 6.39. The lowest BCUT2D eigenvalue weighted by atomic mass is 10.3. The summed E-state index contributed by atoms with van der Waals surface area (Å²) in [5.74, 6) is 0. The predicted molar refractivity (Wildman–Crippen MR) is 38.9 cm³/mol. The van der Waals surface area contributed by atoms with Crippen molar-refractivity contribution in [2.75, 3.05) is 0 Å². The van der Waals surface area contributed by atoms with Crippen LogP contribution < -0.4 is 5.73 Å². The molecule has 0 fully saturated rings. The van der Waals surface area contributed by atoms with E-state index in [9.17, 15) is 0 Å². The molecule has 0 saturated carbocycles. The topological polar surface area (TPSA) is 38.9 Å². The highest BCUT2D eigenvalue weighted by atomic mass is 14.6. The molecule has 2 heteroatoms. The van der Waals surface area contributed by atoms with Crippen LogP contribution in [0.1, 0.15) is 13.0 Å². The van der Waals surface area contributed by atoms with E-state index in [1.807, 2.05) is 12.1 Å². The number of nitrogens with zero attached hydrogens (tertiary/aromatic N) is 1. The Hall–Kier alpha value is -0.890. The monoisotopic (exact) mass is 124 g/mol. The van der Waals surface area contributed by atoms with Crippen molar-refractivity contribution < 1.29 is 0 Å². The molecule has 0 aliphatic heterocycles. The molecule has 1 aromatic rings. The lowest BCUT2D eigenvalue weighted by Crippen LogP contribution is -1.95. The average Bonchev–Trinajstić information content (AvgIpc) is 1.90. The van der Waals surface area contributed by atoms with E-state index in [2.05, 4.69) is 4.98 Å².